The summed E-state index contributed by atoms with van der Waals surface area (Å²) in [5, 5.41) is 9.89. The number of nitrogens with zero attached hydrogens (tertiary/aromatic N) is 2. The Morgan fingerprint density at radius 1 is 1.48 bits per heavy atom. The third-order valence-electron chi connectivity index (χ3n) is 3.84. The second-order valence-corrected chi connectivity index (χ2v) is 6.00. The molecule has 1 aliphatic rings. The van der Waals surface area contributed by atoms with E-state index in [2.05, 4.69) is 0 Å². The van der Waals surface area contributed by atoms with Crippen molar-refractivity contribution in [2.75, 3.05) is 33.7 Å². The van der Waals surface area contributed by atoms with Crippen LogP contribution in [0.4, 0.5) is 0 Å². The average Bonchev–Trinajstić information content (AvgIpc) is 2.78. The quantitative estimate of drug-likeness (QED) is 0.820. The molecule has 1 heterocycles. The predicted molar refractivity (Wildman–Crippen MR) is 83.2 cm³/mol. The SMILES string of the molecule is CN(C)CC1CC(O)CN1C(=O)c1cccc(CCN)c1. The van der Waals surface area contributed by atoms with E-state index in [-0.39, 0.29) is 11.9 Å². The molecule has 0 bridgehead atoms. The number of rotatable bonds is 5. The van der Waals surface area contributed by atoms with Gasteiger partial charge < -0.3 is 20.6 Å². The monoisotopic (exact) mass is 291 g/mol. The molecule has 2 unspecified atom stereocenters. The van der Waals surface area contributed by atoms with E-state index in [4.69, 9.17) is 5.73 Å². The topological polar surface area (TPSA) is 69.8 Å². The molecule has 1 amide bonds. The molecule has 1 saturated heterocycles. The zero-order valence-electron chi connectivity index (χ0n) is 12.8. The van der Waals surface area contributed by atoms with E-state index in [1.165, 1.54) is 0 Å². The van der Waals surface area contributed by atoms with Gasteiger partial charge in [-0.2, -0.15) is 0 Å². The minimum atomic E-state index is -0.425. The number of likely N-dealkylation sites (N-methyl/N-ethyl adjacent to an activating group) is 1. The molecule has 2 rings (SSSR count). The largest absolute Gasteiger partial charge is 0.391 e. The minimum Gasteiger partial charge on any atom is -0.391 e. The zero-order chi connectivity index (χ0) is 15.4. The van der Waals surface area contributed by atoms with Crippen LogP contribution in [0.2, 0.25) is 0 Å². The molecule has 1 fully saturated rings. The first-order valence-electron chi connectivity index (χ1n) is 7.44. The number of β-amino-alcohol motifs (C(OH)–C–C–N with tert-alkyl or cyclic N) is 1. The molecule has 0 aliphatic carbocycles. The Morgan fingerprint density at radius 3 is 2.90 bits per heavy atom. The Kier molecular flexibility index (Phi) is 5.33. The van der Waals surface area contributed by atoms with Gasteiger partial charge in [0.1, 0.15) is 0 Å². The van der Waals surface area contributed by atoms with Crippen LogP contribution < -0.4 is 5.73 Å². The van der Waals surface area contributed by atoms with Gasteiger partial charge in [0.15, 0.2) is 0 Å². The van der Waals surface area contributed by atoms with Crippen LogP contribution in [-0.4, -0.2) is 66.7 Å². The summed E-state index contributed by atoms with van der Waals surface area (Å²) in [5.41, 5.74) is 7.33. The van der Waals surface area contributed by atoms with Crippen LogP contribution >= 0.6 is 0 Å². The van der Waals surface area contributed by atoms with Crippen LogP contribution in [0.1, 0.15) is 22.3 Å². The standard InChI is InChI=1S/C16H25N3O2/c1-18(2)10-14-9-15(20)11-19(14)16(21)13-5-3-4-12(8-13)6-7-17/h3-5,8,14-15,20H,6-7,9-11,17H2,1-2H3. The fourth-order valence-electron chi connectivity index (χ4n) is 2.93. The maximum absolute atomic E-state index is 12.7. The molecule has 0 radical (unpaired) electrons. The number of benzene rings is 1. The first-order chi connectivity index (χ1) is 10.0. The number of aliphatic hydroxyl groups is 1. The van der Waals surface area contributed by atoms with Crippen LogP contribution in [0.3, 0.4) is 0 Å². The van der Waals surface area contributed by atoms with Crippen LogP contribution in [0.5, 0.6) is 0 Å². The van der Waals surface area contributed by atoms with Crippen LogP contribution in [0.15, 0.2) is 24.3 Å². The van der Waals surface area contributed by atoms with Gasteiger partial charge in [0.05, 0.1) is 6.10 Å². The van der Waals surface area contributed by atoms with Crippen molar-refractivity contribution in [2.45, 2.75) is 25.0 Å². The van der Waals surface area contributed by atoms with E-state index in [0.717, 1.165) is 18.5 Å². The maximum atomic E-state index is 12.7. The first kappa shape index (κ1) is 15.9. The Bertz CT molecular complexity index is 490. The summed E-state index contributed by atoms with van der Waals surface area (Å²) in [6.07, 6.45) is 0.989. The number of hydrogen-bond donors (Lipinski definition) is 2. The van der Waals surface area contributed by atoms with Crippen molar-refractivity contribution in [3.8, 4) is 0 Å². The molecular formula is C16H25N3O2. The van der Waals surface area contributed by atoms with Crippen molar-refractivity contribution in [3.63, 3.8) is 0 Å². The summed E-state index contributed by atoms with van der Waals surface area (Å²) in [4.78, 5) is 16.6. The number of likely N-dealkylation sites (tertiary alicyclic amines) is 1. The third-order valence-corrected chi connectivity index (χ3v) is 3.84. The van der Waals surface area contributed by atoms with Crippen LogP contribution in [-0.2, 0) is 6.42 Å². The highest BCUT2D eigenvalue weighted by molar-refractivity contribution is 5.94. The number of hydrogen-bond acceptors (Lipinski definition) is 4. The minimum absolute atomic E-state index is 0.00253. The summed E-state index contributed by atoms with van der Waals surface area (Å²) >= 11 is 0. The lowest BCUT2D eigenvalue weighted by molar-refractivity contribution is 0.0699. The number of carbonyl (C=O) groups is 1. The lowest BCUT2D eigenvalue weighted by Crippen LogP contribution is -2.41. The van der Waals surface area contributed by atoms with Crippen LogP contribution in [0, 0.1) is 0 Å². The number of carbonyl (C=O) groups excluding carboxylic acids is 1. The molecule has 1 aromatic rings. The molecule has 0 aromatic heterocycles. The smallest absolute Gasteiger partial charge is 0.254 e. The van der Waals surface area contributed by atoms with Gasteiger partial charge >= 0.3 is 0 Å². The molecule has 21 heavy (non-hydrogen) atoms. The summed E-state index contributed by atoms with van der Waals surface area (Å²) in [7, 11) is 3.96. The zero-order valence-corrected chi connectivity index (χ0v) is 12.8. The van der Waals surface area contributed by atoms with Crippen LogP contribution in [0.25, 0.3) is 0 Å². The molecule has 5 heteroatoms. The van der Waals surface area contributed by atoms with E-state index in [1.54, 1.807) is 4.90 Å². The molecule has 2 atom stereocenters. The van der Waals surface area contributed by atoms with Crippen molar-refractivity contribution in [1.82, 2.24) is 9.80 Å². The lowest BCUT2D eigenvalue weighted by atomic mass is 10.1. The van der Waals surface area contributed by atoms with E-state index in [0.29, 0.717) is 25.1 Å². The Balaban J connectivity index is 2.15. The third kappa shape index (κ3) is 4.03. The van der Waals surface area contributed by atoms with E-state index < -0.39 is 6.10 Å². The maximum Gasteiger partial charge on any atom is 0.254 e. The highest BCUT2D eigenvalue weighted by Gasteiger charge is 2.34. The van der Waals surface area contributed by atoms with Gasteiger partial charge in [-0.3, -0.25) is 4.79 Å². The van der Waals surface area contributed by atoms with Crippen molar-refractivity contribution in [2.24, 2.45) is 5.73 Å². The predicted octanol–water partition coefficient (Wildman–Crippen LogP) is 0.325. The molecule has 0 saturated carbocycles. The first-order valence-corrected chi connectivity index (χ1v) is 7.44. The van der Waals surface area contributed by atoms with Crippen molar-refractivity contribution in [3.05, 3.63) is 35.4 Å². The molecule has 0 spiro atoms. The van der Waals surface area contributed by atoms with Crippen molar-refractivity contribution >= 4 is 5.91 Å². The fraction of sp³-hybridized carbons (Fsp3) is 0.562. The summed E-state index contributed by atoms with van der Waals surface area (Å²) in [6, 6.07) is 7.69. The number of amides is 1. The normalized spacial score (nSPS) is 22.0. The molecule has 1 aromatic carbocycles. The summed E-state index contributed by atoms with van der Waals surface area (Å²) in [6.45, 7) is 1.76. The Morgan fingerprint density at radius 2 is 2.24 bits per heavy atom. The van der Waals surface area contributed by atoms with E-state index in [9.17, 15) is 9.90 Å². The summed E-state index contributed by atoms with van der Waals surface area (Å²) in [5.74, 6) is -0.00253. The van der Waals surface area contributed by atoms with E-state index in [1.807, 2.05) is 43.3 Å². The lowest BCUT2D eigenvalue weighted by Gasteiger charge is -2.27. The van der Waals surface area contributed by atoms with Gasteiger partial charge in [0.2, 0.25) is 0 Å². The summed E-state index contributed by atoms with van der Waals surface area (Å²) < 4.78 is 0. The Labute approximate surface area is 126 Å². The molecule has 116 valence electrons. The van der Waals surface area contributed by atoms with Crippen molar-refractivity contribution < 1.29 is 9.90 Å². The average molecular weight is 291 g/mol. The second kappa shape index (κ2) is 7.02. The van der Waals surface area contributed by atoms with Crippen molar-refractivity contribution in [1.29, 1.82) is 0 Å². The Hall–Kier alpha value is -1.43. The van der Waals surface area contributed by atoms with Gasteiger partial charge in [-0.05, 0) is 51.2 Å². The highest BCUT2D eigenvalue weighted by Crippen LogP contribution is 2.21. The van der Waals surface area contributed by atoms with Gasteiger partial charge in [0, 0.05) is 24.7 Å². The highest BCUT2D eigenvalue weighted by atomic mass is 16.3. The molecule has 1 aliphatic heterocycles. The second-order valence-electron chi connectivity index (χ2n) is 6.00. The van der Waals surface area contributed by atoms with Gasteiger partial charge in [-0.25, -0.2) is 0 Å². The molecule has 3 N–H and O–H groups in total. The van der Waals surface area contributed by atoms with Gasteiger partial charge in [0.25, 0.3) is 5.91 Å². The van der Waals surface area contributed by atoms with Gasteiger partial charge in [-0.1, -0.05) is 12.1 Å². The van der Waals surface area contributed by atoms with E-state index >= 15 is 0 Å². The molecular weight excluding hydrogens is 266 g/mol. The molecule has 5 nitrogen and oxygen atoms in total. The number of aliphatic hydroxyl groups excluding tert-OH is 1. The fourth-order valence-corrected chi connectivity index (χ4v) is 2.93. The van der Waals surface area contributed by atoms with Gasteiger partial charge in [-0.15, -0.1) is 0 Å². The number of nitrogens with two attached hydrogens (primary N) is 1.